The highest BCUT2D eigenvalue weighted by atomic mass is 16.5. The molecule has 1 aromatic rings. The summed E-state index contributed by atoms with van der Waals surface area (Å²) in [6.45, 7) is 1.87. The van der Waals surface area contributed by atoms with E-state index in [4.69, 9.17) is 9.47 Å². The molecule has 1 N–H and O–H groups in total. The summed E-state index contributed by atoms with van der Waals surface area (Å²) in [4.78, 5) is 26.1. The van der Waals surface area contributed by atoms with Crippen LogP contribution in [0.15, 0.2) is 24.3 Å². The summed E-state index contributed by atoms with van der Waals surface area (Å²) in [5.41, 5.74) is 0.748. The van der Waals surface area contributed by atoms with Crippen LogP contribution in [0.25, 0.3) is 0 Å². The largest absolute Gasteiger partial charge is 0.487 e. The fraction of sp³-hybridized carbons (Fsp3) is 0.579. The molecule has 0 unspecified atom stereocenters. The molecule has 2 fully saturated rings. The monoisotopic (exact) mass is 344 g/mol. The van der Waals surface area contributed by atoms with Crippen LogP contribution in [0.3, 0.4) is 0 Å². The third-order valence-electron chi connectivity index (χ3n) is 5.63. The quantitative estimate of drug-likeness (QED) is 0.886. The number of carbonyl (C=O) groups excluding carboxylic acids is 2. The van der Waals surface area contributed by atoms with Gasteiger partial charge in [-0.05, 0) is 6.07 Å². The molecule has 1 aromatic carbocycles. The molecule has 2 atom stereocenters. The highest BCUT2D eigenvalue weighted by Crippen LogP contribution is 2.44. The van der Waals surface area contributed by atoms with Crippen LogP contribution >= 0.6 is 0 Å². The van der Waals surface area contributed by atoms with E-state index in [0.29, 0.717) is 26.2 Å². The predicted molar refractivity (Wildman–Crippen MR) is 91.1 cm³/mol. The number of amides is 2. The molecule has 0 aromatic heterocycles. The third-order valence-corrected chi connectivity index (χ3v) is 5.63. The second-order valence-corrected chi connectivity index (χ2v) is 7.38. The Hall–Kier alpha value is -2.08. The first-order valence-electron chi connectivity index (χ1n) is 8.96. The molecular weight excluding hydrogens is 320 g/mol. The van der Waals surface area contributed by atoms with E-state index in [9.17, 15) is 9.59 Å². The van der Waals surface area contributed by atoms with E-state index in [1.165, 1.54) is 0 Å². The number of nitrogens with zero attached hydrogens (tertiary/aromatic N) is 1. The number of benzene rings is 1. The predicted octanol–water partition coefficient (Wildman–Crippen LogP) is 1.65. The maximum Gasteiger partial charge on any atom is 0.225 e. The van der Waals surface area contributed by atoms with Crippen LogP contribution < -0.4 is 10.1 Å². The lowest BCUT2D eigenvalue weighted by molar-refractivity contribution is -0.129. The molecule has 3 heterocycles. The lowest BCUT2D eigenvalue weighted by atomic mass is 9.82. The first kappa shape index (κ1) is 16.4. The molecule has 0 radical (unpaired) electrons. The van der Waals surface area contributed by atoms with Gasteiger partial charge >= 0.3 is 0 Å². The Balaban J connectivity index is 1.55. The van der Waals surface area contributed by atoms with Crippen molar-refractivity contribution in [2.75, 3.05) is 26.8 Å². The highest BCUT2D eigenvalue weighted by molar-refractivity contribution is 5.89. The van der Waals surface area contributed by atoms with Gasteiger partial charge in [-0.25, -0.2) is 0 Å². The van der Waals surface area contributed by atoms with Gasteiger partial charge in [-0.3, -0.25) is 9.59 Å². The average Bonchev–Trinajstić information content (AvgIpc) is 2.95. The summed E-state index contributed by atoms with van der Waals surface area (Å²) in [6, 6.07) is 7.82. The van der Waals surface area contributed by atoms with Gasteiger partial charge in [-0.1, -0.05) is 18.2 Å². The van der Waals surface area contributed by atoms with Crippen molar-refractivity contribution in [3.05, 3.63) is 29.8 Å². The van der Waals surface area contributed by atoms with Crippen molar-refractivity contribution < 1.29 is 19.1 Å². The second kappa shape index (κ2) is 6.33. The Morgan fingerprint density at radius 3 is 2.76 bits per heavy atom. The molecule has 0 aliphatic carbocycles. The number of rotatable bonds is 2. The van der Waals surface area contributed by atoms with Gasteiger partial charge in [0.25, 0.3) is 0 Å². The van der Waals surface area contributed by atoms with E-state index in [-0.39, 0.29) is 29.4 Å². The molecule has 0 saturated carbocycles. The minimum absolute atomic E-state index is 0.0356. The number of hydrogen-bond donors (Lipinski definition) is 1. The number of ether oxygens (including phenoxy) is 2. The van der Waals surface area contributed by atoms with E-state index in [2.05, 4.69) is 5.32 Å². The fourth-order valence-electron chi connectivity index (χ4n) is 4.13. The van der Waals surface area contributed by atoms with Crippen LogP contribution in [0, 0.1) is 5.92 Å². The van der Waals surface area contributed by atoms with Gasteiger partial charge in [0.1, 0.15) is 11.4 Å². The van der Waals surface area contributed by atoms with E-state index in [0.717, 1.165) is 30.6 Å². The standard InChI is InChI=1S/C19H24N2O4/c1-21-12-13(10-17(21)22)18(23)20-15-11-19(6-8-24-9-7-19)25-16-5-3-2-4-14(15)16/h2-5,13,15H,6-12H2,1H3,(H,20,23)/t13-,15-/m0/s1. The molecule has 3 aliphatic heterocycles. The fourth-order valence-corrected chi connectivity index (χ4v) is 4.13. The number of nitrogens with one attached hydrogen (secondary N) is 1. The molecule has 3 aliphatic rings. The molecule has 2 amide bonds. The minimum atomic E-state index is -0.271. The van der Waals surface area contributed by atoms with Crippen LogP contribution in [0.5, 0.6) is 5.75 Å². The Morgan fingerprint density at radius 1 is 1.28 bits per heavy atom. The van der Waals surface area contributed by atoms with E-state index < -0.39 is 0 Å². The molecule has 6 nitrogen and oxygen atoms in total. The van der Waals surface area contributed by atoms with E-state index in [1.807, 2.05) is 24.3 Å². The van der Waals surface area contributed by atoms with Gasteiger partial charge in [0, 0.05) is 44.8 Å². The smallest absolute Gasteiger partial charge is 0.225 e. The van der Waals surface area contributed by atoms with E-state index in [1.54, 1.807) is 11.9 Å². The van der Waals surface area contributed by atoms with Crippen molar-refractivity contribution in [3.8, 4) is 5.75 Å². The van der Waals surface area contributed by atoms with Gasteiger partial charge < -0.3 is 19.7 Å². The number of fused-ring (bicyclic) bond motifs is 1. The zero-order chi connectivity index (χ0) is 17.4. The molecule has 0 bridgehead atoms. The minimum Gasteiger partial charge on any atom is -0.487 e. The number of carbonyl (C=O) groups is 2. The average molecular weight is 344 g/mol. The highest BCUT2D eigenvalue weighted by Gasteiger charge is 2.43. The van der Waals surface area contributed by atoms with Crippen molar-refractivity contribution >= 4 is 11.8 Å². The van der Waals surface area contributed by atoms with Crippen molar-refractivity contribution in [2.24, 2.45) is 5.92 Å². The van der Waals surface area contributed by atoms with Crippen LogP contribution in [0.4, 0.5) is 0 Å². The van der Waals surface area contributed by atoms with Gasteiger partial charge in [-0.15, -0.1) is 0 Å². The zero-order valence-electron chi connectivity index (χ0n) is 14.5. The Morgan fingerprint density at radius 2 is 2.04 bits per heavy atom. The SMILES string of the molecule is CN1C[C@@H](C(=O)N[C@H]2CC3(CCOCC3)Oc3ccccc32)CC1=O. The maximum absolute atomic E-state index is 12.7. The van der Waals surface area contributed by atoms with Crippen LogP contribution in [-0.4, -0.2) is 49.1 Å². The summed E-state index contributed by atoms with van der Waals surface area (Å²) < 4.78 is 11.8. The van der Waals surface area contributed by atoms with Gasteiger partial charge in [0.15, 0.2) is 0 Å². The normalized spacial score (nSPS) is 27.7. The lowest BCUT2D eigenvalue weighted by Crippen LogP contribution is -2.49. The van der Waals surface area contributed by atoms with Gasteiger partial charge in [-0.2, -0.15) is 0 Å². The lowest BCUT2D eigenvalue weighted by Gasteiger charge is -2.44. The molecule has 1 spiro atoms. The van der Waals surface area contributed by atoms with Crippen LogP contribution in [0.1, 0.15) is 37.3 Å². The van der Waals surface area contributed by atoms with Crippen LogP contribution in [0.2, 0.25) is 0 Å². The second-order valence-electron chi connectivity index (χ2n) is 7.38. The molecule has 134 valence electrons. The number of likely N-dealkylation sites (tertiary alicyclic amines) is 1. The molecule has 4 rings (SSSR count). The van der Waals surface area contributed by atoms with Gasteiger partial charge in [0.2, 0.25) is 11.8 Å². The molecular formula is C19H24N2O4. The first-order chi connectivity index (χ1) is 12.1. The van der Waals surface area contributed by atoms with Crippen molar-refractivity contribution in [3.63, 3.8) is 0 Å². The number of hydrogen-bond acceptors (Lipinski definition) is 4. The summed E-state index contributed by atoms with van der Waals surface area (Å²) >= 11 is 0. The maximum atomic E-state index is 12.7. The van der Waals surface area contributed by atoms with Crippen molar-refractivity contribution in [2.45, 2.75) is 37.3 Å². The summed E-state index contributed by atoms with van der Waals surface area (Å²) in [5.74, 6) is 0.578. The molecule has 25 heavy (non-hydrogen) atoms. The van der Waals surface area contributed by atoms with Crippen molar-refractivity contribution in [1.29, 1.82) is 0 Å². The molecule has 6 heteroatoms. The zero-order valence-corrected chi connectivity index (χ0v) is 14.5. The topological polar surface area (TPSA) is 67.9 Å². The number of para-hydroxylation sites is 1. The molecule has 2 saturated heterocycles. The van der Waals surface area contributed by atoms with Gasteiger partial charge in [0.05, 0.1) is 25.2 Å². The Labute approximate surface area is 147 Å². The first-order valence-corrected chi connectivity index (χ1v) is 8.96. The summed E-state index contributed by atoms with van der Waals surface area (Å²) in [6.07, 6.45) is 2.71. The summed E-state index contributed by atoms with van der Waals surface area (Å²) in [5, 5.41) is 3.19. The Kier molecular flexibility index (Phi) is 4.15. The van der Waals surface area contributed by atoms with Crippen molar-refractivity contribution in [1.82, 2.24) is 10.2 Å². The Bertz CT molecular complexity index is 684. The third kappa shape index (κ3) is 3.11. The van der Waals surface area contributed by atoms with E-state index >= 15 is 0 Å². The summed E-state index contributed by atoms with van der Waals surface area (Å²) in [7, 11) is 1.75. The van der Waals surface area contributed by atoms with Crippen LogP contribution in [-0.2, 0) is 14.3 Å².